The molecule has 3 heteroatoms. The fourth-order valence-corrected chi connectivity index (χ4v) is 2.50. The van der Waals surface area contributed by atoms with Crippen LogP contribution in [0.5, 0.6) is 0 Å². The highest BCUT2D eigenvalue weighted by atomic mass is 16.5. The summed E-state index contributed by atoms with van der Waals surface area (Å²) in [5, 5.41) is 9.16. The number of carboxylic acid groups (broad SMARTS) is 1. The van der Waals surface area contributed by atoms with Crippen LogP contribution >= 0.6 is 0 Å². The van der Waals surface area contributed by atoms with E-state index in [0.717, 1.165) is 25.7 Å². The molecule has 3 nitrogen and oxygen atoms in total. The number of carboxylic acids is 1. The number of rotatable bonds is 16. The van der Waals surface area contributed by atoms with Crippen molar-refractivity contribution < 1.29 is 14.6 Å². The van der Waals surface area contributed by atoms with Crippen LogP contribution in [0.1, 0.15) is 97.3 Å². The van der Waals surface area contributed by atoms with E-state index in [4.69, 9.17) is 9.84 Å². The minimum atomic E-state index is -0.797. The Morgan fingerprint density at radius 1 is 0.810 bits per heavy atom. The third-order valence-corrected chi connectivity index (χ3v) is 3.91. The zero-order valence-electron chi connectivity index (χ0n) is 14.2. The summed E-state index contributed by atoms with van der Waals surface area (Å²) in [5.41, 5.74) is 0. The quantitative estimate of drug-likeness (QED) is 0.379. The van der Waals surface area contributed by atoms with Gasteiger partial charge in [-0.05, 0) is 12.8 Å². The van der Waals surface area contributed by atoms with Crippen molar-refractivity contribution in [1.82, 2.24) is 0 Å². The Hall–Kier alpha value is -0.570. The molecule has 0 aromatic heterocycles. The normalized spacial score (nSPS) is 12.5. The first-order valence-electron chi connectivity index (χ1n) is 9.06. The zero-order chi connectivity index (χ0) is 15.8. The predicted octanol–water partition coefficient (Wildman–Crippen LogP) is 5.57. The fraction of sp³-hybridized carbons (Fsp3) is 0.944. The van der Waals surface area contributed by atoms with E-state index in [9.17, 15) is 4.79 Å². The van der Waals surface area contributed by atoms with E-state index < -0.39 is 12.1 Å². The van der Waals surface area contributed by atoms with E-state index in [2.05, 4.69) is 13.8 Å². The van der Waals surface area contributed by atoms with Crippen LogP contribution < -0.4 is 0 Å². The summed E-state index contributed by atoms with van der Waals surface area (Å²) >= 11 is 0. The highest BCUT2D eigenvalue weighted by Gasteiger charge is 2.16. The predicted molar refractivity (Wildman–Crippen MR) is 88.7 cm³/mol. The van der Waals surface area contributed by atoms with Crippen molar-refractivity contribution in [2.45, 2.75) is 103 Å². The standard InChI is InChI=1S/C18H36O3/c1-3-5-7-9-11-13-15-17(18(19)20)21-16-14-12-10-8-6-4-2/h17H,3-16H2,1-2H3,(H,19,20). The molecule has 0 saturated heterocycles. The first kappa shape index (κ1) is 20.4. The van der Waals surface area contributed by atoms with Crippen molar-refractivity contribution in [3.8, 4) is 0 Å². The molecule has 126 valence electrons. The molecule has 21 heavy (non-hydrogen) atoms. The van der Waals surface area contributed by atoms with E-state index in [1.165, 1.54) is 51.4 Å². The molecular formula is C18H36O3. The summed E-state index contributed by atoms with van der Waals surface area (Å²) in [5.74, 6) is -0.797. The van der Waals surface area contributed by atoms with Crippen molar-refractivity contribution in [2.24, 2.45) is 0 Å². The maximum Gasteiger partial charge on any atom is 0.332 e. The van der Waals surface area contributed by atoms with Gasteiger partial charge in [0.05, 0.1) is 0 Å². The summed E-state index contributed by atoms with van der Waals surface area (Å²) in [6.07, 6.45) is 14.4. The average molecular weight is 300 g/mol. The molecule has 0 amide bonds. The van der Waals surface area contributed by atoms with E-state index in [-0.39, 0.29) is 0 Å². The van der Waals surface area contributed by atoms with Gasteiger partial charge in [0.25, 0.3) is 0 Å². The number of ether oxygens (including phenoxy) is 1. The SMILES string of the molecule is CCCCCCCCOC(CCCCCCCC)C(=O)O. The number of aliphatic carboxylic acids is 1. The molecule has 0 spiro atoms. The fourth-order valence-electron chi connectivity index (χ4n) is 2.50. The van der Waals surface area contributed by atoms with Crippen molar-refractivity contribution in [2.75, 3.05) is 6.61 Å². The topological polar surface area (TPSA) is 46.5 Å². The van der Waals surface area contributed by atoms with Gasteiger partial charge in [-0.15, -0.1) is 0 Å². The van der Waals surface area contributed by atoms with E-state index in [1.54, 1.807) is 0 Å². The Morgan fingerprint density at radius 2 is 1.29 bits per heavy atom. The molecular weight excluding hydrogens is 264 g/mol. The number of hydrogen-bond acceptors (Lipinski definition) is 2. The van der Waals surface area contributed by atoms with Gasteiger partial charge in [0, 0.05) is 6.61 Å². The van der Waals surface area contributed by atoms with Crippen LogP contribution in [0.2, 0.25) is 0 Å². The lowest BCUT2D eigenvalue weighted by atomic mass is 10.1. The van der Waals surface area contributed by atoms with Gasteiger partial charge in [0.2, 0.25) is 0 Å². The van der Waals surface area contributed by atoms with Gasteiger partial charge >= 0.3 is 5.97 Å². The summed E-state index contributed by atoms with van der Waals surface area (Å²) < 4.78 is 5.54. The minimum Gasteiger partial charge on any atom is -0.479 e. The Balaban J connectivity index is 3.52. The molecule has 1 N–H and O–H groups in total. The van der Waals surface area contributed by atoms with E-state index in [1.807, 2.05) is 0 Å². The number of unbranched alkanes of at least 4 members (excludes halogenated alkanes) is 10. The Bertz CT molecular complexity index is 229. The lowest BCUT2D eigenvalue weighted by Crippen LogP contribution is -2.24. The molecule has 0 bridgehead atoms. The third kappa shape index (κ3) is 14.1. The highest BCUT2D eigenvalue weighted by molar-refractivity contribution is 5.72. The van der Waals surface area contributed by atoms with E-state index >= 15 is 0 Å². The summed E-state index contributed by atoms with van der Waals surface area (Å²) in [6.45, 7) is 5.01. The smallest absolute Gasteiger partial charge is 0.332 e. The van der Waals surface area contributed by atoms with Crippen LogP contribution in [0.3, 0.4) is 0 Å². The van der Waals surface area contributed by atoms with Crippen LogP contribution in [-0.4, -0.2) is 23.8 Å². The summed E-state index contributed by atoms with van der Waals surface area (Å²) in [4.78, 5) is 11.1. The molecule has 0 heterocycles. The van der Waals surface area contributed by atoms with Crippen molar-refractivity contribution in [1.29, 1.82) is 0 Å². The second kappa shape index (κ2) is 15.8. The van der Waals surface area contributed by atoms with Gasteiger partial charge in [0.1, 0.15) is 0 Å². The first-order valence-corrected chi connectivity index (χ1v) is 9.06. The summed E-state index contributed by atoms with van der Waals surface area (Å²) in [6, 6.07) is 0. The molecule has 0 fully saturated rings. The van der Waals surface area contributed by atoms with Crippen LogP contribution in [-0.2, 0) is 9.53 Å². The molecule has 1 atom stereocenters. The Morgan fingerprint density at radius 3 is 1.81 bits per heavy atom. The van der Waals surface area contributed by atoms with Gasteiger partial charge in [-0.2, -0.15) is 0 Å². The van der Waals surface area contributed by atoms with Crippen molar-refractivity contribution >= 4 is 5.97 Å². The monoisotopic (exact) mass is 300 g/mol. The van der Waals surface area contributed by atoms with Crippen molar-refractivity contribution in [3.05, 3.63) is 0 Å². The maximum absolute atomic E-state index is 11.1. The van der Waals surface area contributed by atoms with Crippen molar-refractivity contribution in [3.63, 3.8) is 0 Å². The van der Waals surface area contributed by atoms with Crippen LogP contribution in [0.4, 0.5) is 0 Å². The van der Waals surface area contributed by atoms with Crippen LogP contribution in [0.25, 0.3) is 0 Å². The van der Waals surface area contributed by atoms with E-state index in [0.29, 0.717) is 13.0 Å². The molecule has 0 aliphatic heterocycles. The lowest BCUT2D eigenvalue weighted by Gasteiger charge is -2.13. The second-order valence-electron chi connectivity index (χ2n) is 6.02. The van der Waals surface area contributed by atoms with Crippen LogP contribution in [0, 0.1) is 0 Å². The highest BCUT2D eigenvalue weighted by Crippen LogP contribution is 2.12. The Labute approximate surface area is 131 Å². The molecule has 0 saturated carbocycles. The average Bonchev–Trinajstić information content (AvgIpc) is 2.47. The van der Waals surface area contributed by atoms with Gasteiger partial charge in [-0.1, -0.05) is 84.5 Å². The number of hydrogen-bond donors (Lipinski definition) is 1. The minimum absolute atomic E-state index is 0.591. The maximum atomic E-state index is 11.1. The van der Waals surface area contributed by atoms with Gasteiger partial charge in [0.15, 0.2) is 6.10 Å². The zero-order valence-corrected chi connectivity index (χ0v) is 14.2. The second-order valence-corrected chi connectivity index (χ2v) is 6.02. The molecule has 1 unspecified atom stereocenters. The Kier molecular flexibility index (Phi) is 15.4. The third-order valence-electron chi connectivity index (χ3n) is 3.91. The number of carbonyl (C=O) groups is 1. The molecule has 0 aromatic rings. The molecule has 0 aromatic carbocycles. The van der Waals surface area contributed by atoms with Gasteiger partial charge in [-0.3, -0.25) is 0 Å². The first-order chi connectivity index (χ1) is 10.2. The molecule has 0 rings (SSSR count). The lowest BCUT2D eigenvalue weighted by molar-refractivity contribution is -0.151. The van der Waals surface area contributed by atoms with Gasteiger partial charge in [-0.25, -0.2) is 4.79 Å². The largest absolute Gasteiger partial charge is 0.479 e. The molecule has 0 aliphatic rings. The molecule has 0 aliphatic carbocycles. The molecule has 0 radical (unpaired) electrons. The van der Waals surface area contributed by atoms with Gasteiger partial charge < -0.3 is 9.84 Å². The summed E-state index contributed by atoms with van der Waals surface area (Å²) in [7, 11) is 0. The van der Waals surface area contributed by atoms with Crippen LogP contribution in [0.15, 0.2) is 0 Å².